The third-order valence-corrected chi connectivity index (χ3v) is 5.29. The van der Waals surface area contributed by atoms with Crippen molar-refractivity contribution >= 4 is 23.3 Å². The maximum Gasteiger partial charge on any atom is 0.110 e. The van der Waals surface area contributed by atoms with Crippen LogP contribution in [0.15, 0.2) is 58.6 Å². The first-order chi connectivity index (χ1) is 15.4. The Morgan fingerprint density at radius 1 is 1.25 bits per heavy atom. The van der Waals surface area contributed by atoms with Gasteiger partial charge >= 0.3 is 0 Å². The molecule has 0 amide bonds. The highest BCUT2D eigenvalue weighted by Gasteiger charge is 2.31. The van der Waals surface area contributed by atoms with Gasteiger partial charge in [0, 0.05) is 42.8 Å². The van der Waals surface area contributed by atoms with Crippen molar-refractivity contribution in [1.82, 2.24) is 0 Å². The summed E-state index contributed by atoms with van der Waals surface area (Å²) in [4.78, 5) is 6.60. The molecule has 0 spiro atoms. The molecule has 1 saturated heterocycles. The third-order valence-electron chi connectivity index (χ3n) is 5.29. The fourth-order valence-corrected chi connectivity index (χ4v) is 3.67. The van der Waals surface area contributed by atoms with Crippen LogP contribution in [0.3, 0.4) is 0 Å². The predicted molar refractivity (Wildman–Crippen MR) is 135 cm³/mol. The minimum absolute atomic E-state index is 0.149. The lowest BCUT2D eigenvalue weighted by Crippen LogP contribution is -2.17. The van der Waals surface area contributed by atoms with E-state index in [2.05, 4.69) is 41.1 Å². The van der Waals surface area contributed by atoms with E-state index in [0.29, 0.717) is 18.8 Å². The molecule has 6 nitrogen and oxygen atoms in total. The highest BCUT2D eigenvalue weighted by molar-refractivity contribution is 6.39. The quantitative estimate of drug-likeness (QED) is 0.303. The van der Waals surface area contributed by atoms with E-state index in [1.807, 2.05) is 67.5 Å². The first-order valence-corrected chi connectivity index (χ1v) is 10.9. The van der Waals surface area contributed by atoms with Crippen LogP contribution in [0.2, 0.25) is 0 Å². The van der Waals surface area contributed by atoms with Crippen molar-refractivity contribution in [2.45, 2.75) is 26.4 Å². The summed E-state index contributed by atoms with van der Waals surface area (Å²) in [6.07, 6.45) is 2.90. The number of benzene rings is 2. The Hall–Kier alpha value is -3.30. The van der Waals surface area contributed by atoms with Gasteiger partial charge in [0.25, 0.3) is 0 Å². The second-order valence-electron chi connectivity index (χ2n) is 8.96. The third kappa shape index (κ3) is 6.60. The Balaban J connectivity index is 1.68. The number of nitrogens with two attached hydrogens (primary N) is 1. The zero-order chi connectivity index (χ0) is 23.0. The number of para-hydroxylation sites is 1. The fraction of sp³-hybridized carbons (Fsp3) is 0.385. The van der Waals surface area contributed by atoms with Crippen LogP contribution in [-0.2, 0) is 4.74 Å². The number of nitrogens with zero attached hydrogens (tertiary/aromatic N) is 3. The lowest BCUT2D eigenvalue weighted by molar-refractivity contribution is 0.105. The van der Waals surface area contributed by atoms with Gasteiger partial charge in [-0.25, -0.2) is 0 Å². The topological polar surface area (TPSA) is 75.2 Å². The van der Waals surface area contributed by atoms with Gasteiger partial charge in [-0.1, -0.05) is 43.9 Å². The van der Waals surface area contributed by atoms with E-state index in [4.69, 9.17) is 10.6 Å². The Bertz CT molecular complexity index is 1020. The Kier molecular flexibility index (Phi) is 7.91. The molecule has 168 valence electrons. The van der Waals surface area contributed by atoms with Gasteiger partial charge in [0.05, 0.1) is 25.8 Å². The van der Waals surface area contributed by atoms with Gasteiger partial charge in [0.2, 0.25) is 0 Å². The average Bonchev–Trinajstić information content (AvgIpc) is 3.13. The van der Waals surface area contributed by atoms with E-state index >= 15 is 0 Å². The van der Waals surface area contributed by atoms with Gasteiger partial charge in [-0.05, 0) is 42.2 Å². The summed E-state index contributed by atoms with van der Waals surface area (Å²) in [6.45, 7) is 6.40. The minimum atomic E-state index is 0.149. The zero-order valence-corrected chi connectivity index (χ0v) is 19.4. The number of nitrogens with one attached hydrogen (secondary N) is 1. The van der Waals surface area contributed by atoms with Gasteiger partial charge in [0.15, 0.2) is 0 Å². The molecule has 6 heteroatoms. The van der Waals surface area contributed by atoms with Crippen LogP contribution in [0.5, 0.6) is 0 Å². The molecule has 1 aliphatic rings. The summed E-state index contributed by atoms with van der Waals surface area (Å²) < 4.78 is 5.83. The van der Waals surface area contributed by atoms with E-state index in [-0.39, 0.29) is 11.5 Å². The van der Waals surface area contributed by atoms with Gasteiger partial charge in [-0.3, -0.25) is 4.99 Å². The number of aliphatic imine (C=N–C) groups is 1. The number of rotatable bonds is 7. The second-order valence-corrected chi connectivity index (χ2v) is 8.96. The largest absolute Gasteiger partial charge is 0.377 e. The SMILES string of the molecule is CN(C)c1cc(C#CCNc2ccccc2)ccc1/C(C=NCC1CC(C)(C)CO1)=N/N. The van der Waals surface area contributed by atoms with Crippen LogP contribution in [0.1, 0.15) is 31.4 Å². The Morgan fingerprint density at radius 2 is 2.03 bits per heavy atom. The van der Waals surface area contributed by atoms with Crippen LogP contribution in [0, 0.1) is 17.3 Å². The molecule has 0 bridgehead atoms. The molecule has 2 aromatic rings. The smallest absolute Gasteiger partial charge is 0.110 e. The van der Waals surface area contributed by atoms with Crippen LogP contribution in [-0.4, -0.2) is 51.8 Å². The van der Waals surface area contributed by atoms with Gasteiger partial charge in [-0.2, -0.15) is 5.10 Å². The highest BCUT2D eigenvalue weighted by Crippen LogP contribution is 2.31. The number of ether oxygens (including phenoxy) is 1. The van der Waals surface area contributed by atoms with E-state index in [0.717, 1.165) is 35.5 Å². The molecule has 3 rings (SSSR count). The van der Waals surface area contributed by atoms with Gasteiger partial charge in [-0.15, -0.1) is 0 Å². The number of hydrogen-bond acceptors (Lipinski definition) is 6. The molecule has 2 aromatic carbocycles. The molecule has 0 radical (unpaired) electrons. The molecule has 1 heterocycles. The molecule has 32 heavy (non-hydrogen) atoms. The maximum absolute atomic E-state index is 5.83. The molecule has 1 fully saturated rings. The van der Waals surface area contributed by atoms with E-state index in [1.54, 1.807) is 6.21 Å². The van der Waals surface area contributed by atoms with Gasteiger partial charge < -0.3 is 20.8 Å². The first kappa shape index (κ1) is 23.4. The predicted octanol–water partition coefficient (Wildman–Crippen LogP) is 3.76. The molecule has 1 unspecified atom stereocenters. The molecular weight excluding hydrogens is 398 g/mol. The summed E-state index contributed by atoms with van der Waals surface area (Å²) in [6, 6.07) is 16.1. The lowest BCUT2D eigenvalue weighted by Gasteiger charge is -2.17. The van der Waals surface area contributed by atoms with Crippen molar-refractivity contribution in [1.29, 1.82) is 0 Å². The minimum Gasteiger partial charge on any atom is -0.377 e. The summed E-state index contributed by atoms with van der Waals surface area (Å²) in [5.74, 6) is 12.1. The lowest BCUT2D eigenvalue weighted by atomic mass is 9.91. The first-order valence-electron chi connectivity index (χ1n) is 10.9. The second kappa shape index (κ2) is 10.8. The Labute approximate surface area is 191 Å². The van der Waals surface area contributed by atoms with Crippen molar-refractivity contribution in [2.24, 2.45) is 21.4 Å². The zero-order valence-electron chi connectivity index (χ0n) is 19.4. The molecule has 0 saturated carbocycles. The van der Waals surface area contributed by atoms with E-state index in [1.165, 1.54) is 0 Å². The van der Waals surface area contributed by atoms with Crippen molar-refractivity contribution in [3.05, 3.63) is 59.7 Å². The summed E-state index contributed by atoms with van der Waals surface area (Å²) >= 11 is 0. The summed E-state index contributed by atoms with van der Waals surface area (Å²) in [5.41, 5.74) is 4.75. The van der Waals surface area contributed by atoms with E-state index < -0.39 is 0 Å². The summed E-state index contributed by atoms with van der Waals surface area (Å²) in [5, 5.41) is 7.28. The number of hydrazone groups is 1. The van der Waals surface area contributed by atoms with Crippen LogP contribution in [0.25, 0.3) is 0 Å². The molecule has 1 aliphatic heterocycles. The number of hydrogen-bond donors (Lipinski definition) is 2. The number of anilines is 2. The van der Waals surface area contributed by atoms with Crippen molar-refractivity contribution in [3.8, 4) is 11.8 Å². The standard InChI is InChI=1S/C26H33N5O/c1-26(2)16-22(32-19-26)17-28-18-24(30-27)23-13-12-20(15-25(23)31(3)4)9-8-14-29-21-10-6-5-7-11-21/h5-7,10-13,15,18,22,29H,14,16-17,19,27H2,1-4H3/b28-18?,30-24+. The van der Waals surface area contributed by atoms with Crippen LogP contribution < -0.4 is 16.1 Å². The van der Waals surface area contributed by atoms with Crippen molar-refractivity contribution in [3.63, 3.8) is 0 Å². The Morgan fingerprint density at radius 3 is 2.69 bits per heavy atom. The van der Waals surface area contributed by atoms with Crippen LogP contribution >= 0.6 is 0 Å². The normalized spacial score (nSPS) is 17.8. The fourth-order valence-electron chi connectivity index (χ4n) is 3.67. The molecule has 3 N–H and O–H groups in total. The van der Waals surface area contributed by atoms with E-state index in [9.17, 15) is 0 Å². The monoisotopic (exact) mass is 431 g/mol. The maximum atomic E-state index is 5.83. The molecule has 0 aliphatic carbocycles. The van der Waals surface area contributed by atoms with Crippen molar-refractivity contribution < 1.29 is 4.74 Å². The van der Waals surface area contributed by atoms with Crippen LogP contribution in [0.4, 0.5) is 11.4 Å². The molecule has 1 atom stereocenters. The highest BCUT2D eigenvalue weighted by atomic mass is 16.5. The average molecular weight is 432 g/mol. The molecular formula is C26H33N5O. The summed E-state index contributed by atoms with van der Waals surface area (Å²) in [7, 11) is 3.99. The molecule has 0 aromatic heterocycles. The van der Waals surface area contributed by atoms with Crippen molar-refractivity contribution in [2.75, 3.05) is 44.0 Å². The van der Waals surface area contributed by atoms with Gasteiger partial charge in [0.1, 0.15) is 5.71 Å².